The zero-order valence-corrected chi connectivity index (χ0v) is 8.87. The van der Waals surface area contributed by atoms with E-state index in [0.717, 1.165) is 18.7 Å². The van der Waals surface area contributed by atoms with Crippen molar-refractivity contribution in [3.05, 3.63) is 34.6 Å². The third-order valence-electron chi connectivity index (χ3n) is 1.90. The van der Waals surface area contributed by atoms with Gasteiger partial charge in [0.15, 0.2) is 0 Å². The first kappa shape index (κ1) is 11.4. The van der Waals surface area contributed by atoms with Gasteiger partial charge in [0.05, 0.1) is 5.02 Å². The molecule has 0 aliphatic carbocycles. The first-order valence-corrected chi connectivity index (χ1v) is 4.91. The summed E-state index contributed by atoms with van der Waals surface area (Å²) in [5.41, 5.74) is 0.794. The highest BCUT2D eigenvalue weighted by atomic mass is 35.5. The molecule has 1 aromatic carbocycles. The van der Waals surface area contributed by atoms with Crippen LogP contribution in [0, 0.1) is 5.82 Å². The molecule has 2 N–H and O–H groups in total. The fourth-order valence-corrected chi connectivity index (χ4v) is 1.31. The van der Waals surface area contributed by atoms with E-state index in [2.05, 4.69) is 10.6 Å². The quantitative estimate of drug-likeness (QED) is 0.734. The third-order valence-corrected chi connectivity index (χ3v) is 2.32. The molecule has 1 rings (SSSR count). The normalized spacial score (nSPS) is 10.5. The van der Waals surface area contributed by atoms with Crippen LogP contribution in [0.5, 0.6) is 0 Å². The van der Waals surface area contributed by atoms with Crippen molar-refractivity contribution in [2.75, 3.05) is 20.1 Å². The van der Waals surface area contributed by atoms with Crippen LogP contribution in [0.15, 0.2) is 18.2 Å². The molecule has 14 heavy (non-hydrogen) atoms. The van der Waals surface area contributed by atoms with Crippen LogP contribution in [0.3, 0.4) is 0 Å². The standard InChI is InChI=1S/C10H14ClFN2/c1-13-5-6-14-7-8-3-2-4-9(12)10(8)11/h2-4,13-14H,5-7H2,1H3. The van der Waals surface area contributed by atoms with E-state index >= 15 is 0 Å². The minimum absolute atomic E-state index is 0.212. The molecule has 0 heterocycles. The molecule has 0 radical (unpaired) electrons. The van der Waals surface area contributed by atoms with E-state index in [1.54, 1.807) is 6.07 Å². The van der Waals surface area contributed by atoms with E-state index < -0.39 is 0 Å². The zero-order valence-electron chi connectivity index (χ0n) is 8.11. The van der Waals surface area contributed by atoms with Gasteiger partial charge in [-0.05, 0) is 18.7 Å². The molecule has 0 aliphatic heterocycles. The number of hydrogen-bond acceptors (Lipinski definition) is 2. The molecule has 0 spiro atoms. The van der Waals surface area contributed by atoms with Gasteiger partial charge >= 0.3 is 0 Å². The largest absolute Gasteiger partial charge is 0.318 e. The van der Waals surface area contributed by atoms with Gasteiger partial charge in [0.1, 0.15) is 5.82 Å². The lowest BCUT2D eigenvalue weighted by Crippen LogP contribution is -2.24. The number of likely N-dealkylation sites (N-methyl/N-ethyl adjacent to an activating group) is 1. The lowest BCUT2D eigenvalue weighted by Gasteiger charge is -2.06. The summed E-state index contributed by atoms with van der Waals surface area (Å²) in [6.45, 7) is 2.31. The Morgan fingerprint density at radius 3 is 2.86 bits per heavy atom. The minimum atomic E-state index is -0.361. The number of hydrogen-bond donors (Lipinski definition) is 2. The fraction of sp³-hybridized carbons (Fsp3) is 0.400. The van der Waals surface area contributed by atoms with Crippen molar-refractivity contribution in [2.24, 2.45) is 0 Å². The second kappa shape index (κ2) is 5.96. The van der Waals surface area contributed by atoms with Crippen LogP contribution in [-0.2, 0) is 6.54 Å². The van der Waals surface area contributed by atoms with E-state index in [0.29, 0.717) is 6.54 Å². The number of nitrogens with one attached hydrogen (secondary N) is 2. The fourth-order valence-electron chi connectivity index (χ4n) is 1.12. The van der Waals surface area contributed by atoms with Gasteiger partial charge in [0.25, 0.3) is 0 Å². The van der Waals surface area contributed by atoms with E-state index in [1.807, 2.05) is 13.1 Å². The van der Waals surface area contributed by atoms with Crippen molar-refractivity contribution in [3.63, 3.8) is 0 Å². The molecule has 0 fully saturated rings. The van der Waals surface area contributed by atoms with Gasteiger partial charge < -0.3 is 10.6 Å². The number of benzene rings is 1. The van der Waals surface area contributed by atoms with Crippen LogP contribution >= 0.6 is 11.6 Å². The monoisotopic (exact) mass is 216 g/mol. The molecule has 0 saturated carbocycles. The molecule has 4 heteroatoms. The summed E-state index contributed by atoms with van der Waals surface area (Å²) in [6, 6.07) is 4.84. The van der Waals surface area contributed by atoms with Crippen molar-refractivity contribution >= 4 is 11.6 Å². The molecule has 2 nitrogen and oxygen atoms in total. The molecule has 0 atom stereocenters. The van der Waals surface area contributed by atoms with Crippen LogP contribution in [0.25, 0.3) is 0 Å². The van der Waals surface area contributed by atoms with Gasteiger partial charge in [-0.1, -0.05) is 23.7 Å². The summed E-state index contributed by atoms with van der Waals surface area (Å²) in [5.74, 6) is -0.361. The summed E-state index contributed by atoms with van der Waals surface area (Å²) >= 11 is 5.78. The van der Waals surface area contributed by atoms with Crippen LogP contribution in [0.1, 0.15) is 5.56 Å². The predicted molar refractivity (Wildman–Crippen MR) is 57.0 cm³/mol. The summed E-state index contributed by atoms with van der Waals surface area (Å²) in [6.07, 6.45) is 0. The van der Waals surface area contributed by atoms with Crippen molar-refractivity contribution in [1.82, 2.24) is 10.6 Å². The minimum Gasteiger partial charge on any atom is -0.318 e. The van der Waals surface area contributed by atoms with E-state index in [-0.39, 0.29) is 10.8 Å². The zero-order chi connectivity index (χ0) is 10.4. The topological polar surface area (TPSA) is 24.1 Å². The van der Waals surface area contributed by atoms with Crippen LogP contribution < -0.4 is 10.6 Å². The van der Waals surface area contributed by atoms with Crippen LogP contribution in [0.2, 0.25) is 5.02 Å². The Morgan fingerprint density at radius 2 is 2.14 bits per heavy atom. The first-order chi connectivity index (χ1) is 6.75. The molecule has 0 unspecified atom stereocenters. The smallest absolute Gasteiger partial charge is 0.142 e. The van der Waals surface area contributed by atoms with Crippen molar-refractivity contribution in [1.29, 1.82) is 0 Å². The Morgan fingerprint density at radius 1 is 1.36 bits per heavy atom. The highest BCUT2D eigenvalue weighted by molar-refractivity contribution is 6.31. The summed E-state index contributed by atoms with van der Waals surface area (Å²) in [7, 11) is 1.89. The van der Waals surface area contributed by atoms with E-state index in [4.69, 9.17) is 11.6 Å². The molecule has 78 valence electrons. The van der Waals surface area contributed by atoms with Gasteiger partial charge in [0, 0.05) is 19.6 Å². The summed E-state index contributed by atoms with van der Waals surface area (Å²) in [5, 5.41) is 6.38. The lowest BCUT2D eigenvalue weighted by molar-refractivity contribution is 0.617. The second-order valence-electron chi connectivity index (χ2n) is 2.99. The van der Waals surface area contributed by atoms with Crippen molar-refractivity contribution in [3.8, 4) is 0 Å². The Balaban J connectivity index is 2.46. The molecule has 0 aliphatic rings. The highest BCUT2D eigenvalue weighted by Gasteiger charge is 2.03. The summed E-state index contributed by atoms with van der Waals surface area (Å²) in [4.78, 5) is 0. The Kier molecular flexibility index (Phi) is 4.87. The Labute approximate surface area is 88.5 Å². The number of halogens is 2. The first-order valence-electron chi connectivity index (χ1n) is 4.54. The van der Waals surface area contributed by atoms with Crippen molar-refractivity contribution in [2.45, 2.75) is 6.54 Å². The second-order valence-corrected chi connectivity index (χ2v) is 3.37. The van der Waals surface area contributed by atoms with Crippen LogP contribution in [-0.4, -0.2) is 20.1 Å². The molecule has 0 saturated heterocycles. The van der Waals surface area contributed by atoms with Gasteiger partial charge in [-0.25, -0.2) is 4.39 Å². The molecule has 0 bridgehead atoms. The van der Waals surface area contributed by atoms with Gasteiger partial charge in [-0.3, -0.25) is 0 Å². The average molecular weight is 217 g/mol. The highest BCUT2D eigenvalue weighted by Crippen LogP contribution is 2.18. The Hall–Kier alpha value is -0.640. The SMILES string of the molecule is CNCCNCc1cccc(F)c1Cl. The maximum atomic E-state index is 13.0. The number of rotatable bonds is 5. The maximum Gasteiger partial charge on any atom is 0.142 e. The predicted octanol–water partition coefficient (Wildman–Crippen LogP) is 1.79. The van der Waals surface area contributed by atoms with E-state index in [9.17, 15) is 4.39 Å². The molecule has 1 aromatic rings. The maximum absolute atomic E-state index is 13.0. The third kappa shape index (κ3) is 3.25. The average Bonchev–Trinajstić information content (AvgIpc) is 2.19. The van der Waals surface area contributed by atoms with Gasteiger partial charge in [-0.2, -0.15) is 0 Å². The lowest BCUT2D eigenvalue weighted by atomic mass is 10.2. The summed E-state index contributed by atoms with van der Waals surface area (Å²) < 4.78 is 13.0. The van der Waals surface area contributed by atoms with E-state index in [1.165, 1.54) is 6.07 Å². The molecule has 0 amide bonds. The molecular formula is C10H14ClFN2. The molecular weight excluding hydrogens is 203 g/mol. The van der Waals surface area contributed by atoms with Crippen molar-refractivity contribution < 1.29 is 4.39 Å². The van der Waals surface area contributed by atoms with Gasteiger partial charge in [0.2, 0.25) is 0 Å². The van der Waals surface area contributed by atoms with Crippen LogP contribution in [0.4, 0.5) is 4.39 Å². The molecule has 0 aromatic heterocycles. The Bertz CT molecular complexity index is 291. The van der Waals surface area contributed by atoms with Gasteiger partial charge in [-0.15, -0.1) is 0 Å².